The summed E-state index contributed by atoms with van der Waals surface area (Å²) >= 11 is 1.32. The van der Waals surface area contributed by atoms with Gasteiger partial charge in [-0.1, -0.05) is 12.1 Å². The first-order valence-corrected chi connectivity index (χ1v) is 6.44. The minimum atomic E-state index is -0.588. The molecule has 0 saturated carbocycles. The van der Waals surface area contributed by atoms with Crippen LogP contribution in [0.4, 0.5) is 5.69 Å². The van der Waals surface area contributed by atoms with Crippen molar-refractivity contribution in [1.29, 1.82) is 0 Å². The number of ether oxygens (including phenoxy) is 2. The van der Waals surface area contributed by atoms with Crippen LogP contribution in [-0.4, -0.2) is 31.4 Å². The Kier molecular flexibility index (Phi) is 4.11. The molecule has 1 aliphatic rings. The Balaban J connectivity index is 2.41. The van der Waals surface area contributed by atoms with Crippen LogP contribution in [0.3, 0.4) is 0 Å². The van der Waals surface area contributed by atoms with Gasteiger partial charge in [0.15, 0.2) is 0 Å². The fourth-order valence-electron chi connectivity index (χ4n) is 1.64. The molecule has 0 aromatic heterocycles. The molecule has 19 heavy (non-hydrogen) atoms. The number of rotatable bonds is 2. The van der Waals surface area contributed by atoms with Crippen molar-refractivity contribution < 1.29 is 19.1 Å². The number of esters is 2. The van der Waals surface area contributed by atoms with Crippen molar-refractivity contribution in [2.45, 2.75) is 10.1 Å². The predicted molar refractivity (Wildman–Crippen MR) is 71.8 cm³/mol. The van der Waals surface area contributed by atoms with Crippen LogP contribution in [0.1, 0.15) is 0 Å². The van der Waals surface area contributed by atoms with Crippen molar-refractivity contribution in [3.8, 4) is 0 Å². The third-order valence-corrected chi connectivity index (χ3v) is 3.76. The molecule has 0 saturated heterocycles. The quantitative estimate of drug-likeness (QED) is 0.833. The SMILES string of the molecule is COC(=O)C1=CC(C(=O)OC)Sc2ccccc2N1. The molecule has 100 valence electrons. The van der Waals surface area contributed by atoms with Crippen molar-refractivity contribution in [3.05, 3.63) is 36.0 Å². The van der Waals surface area contributed by atoms with E-state index in [0.29, 0.717) is 0 Å². The lowest BCUT2D eigenvalue weighted by Crippen LogP contribution is -2.19. The van der Waals surface area contributed by atoms with Gasteiger partial charge in [-0.2, -0.15) is 0 Å². The van der Waals surface area contributed by atoms with E-state index in [-0.39, 0.29) is 5.70 Å². The molecule has 0 amide bonds. The van der Waals surface area contributed by atoms with Gasteiger partial charge in [0.1, 0.15) is 10.9 Å². The Hall–Kier alpha value is -1.95. The molecule has 6 heteroatoms. The van der Waals surface area contributed by atoms with E-state index in [1.165, 1.54) is 32.1 Å². The lowest BCUT2D eigenvalue weighted by Gasteiger charge is -2.09. The van der Waals surface area contributed by atoms with Gasteiger partial charge < -0.3 is 14.8 Å². The molecule has 1 aromatic rings. The van der Waals surface area contributed by atoms with Gasteiger partial charge in [0, 0.05) is 4.90 Å². The van der Waals surface area contributed by atoms with Crippen LogP contribution in [-0.2, 0) is 19.1 Å². The smallest absolute Gasteiger partial charge is 0.354 e. The summed E-state index contributed by atoms with van der Waals surface area (Å²) in [6.07, 6.45) is 1.52. The minimum Gasteiger partial charge on any atom is -0.468 e. The molecular weight excluding hydrogens is 266 g/mol. The fourth-order valence-corrected chi connectivity index (χ4v) is 2.72. The monoisotopic (exact) mass is 279 g/mol. The average molecular weight is 279 g/mol. The third kappa shape index (κ3) is 2.90. The number of thioether (sulfide) groups is 1. The highest BCUT2D eigenvalue weighted by Crippen LogP contribution is 2.35. The average Bonchev–Trinajstić information content (AvgIpc) is 2.64. The largest absolute Gasteiger partial charge is 0.468 e. The molecule has 0 aliphatic carbocycles. The minimum absolute atomic E-state index is 0.232. The summed E-state index contributed by atoms with van der Waals surface area (Å²) in [6, 6.07) is 7.42. The van der Waals surface area contributed by atoms with Gasteiger partial charge in [-0.25, -0.2) is 4.79 Å². The highest BCUT2D eigenvalue weighted by atomic mass is 32.2. The van der Waals surface area contributed by atoms with Gasteiger partial charge in [0.25, 0.3) is 0 Å². The summed E-state index contributed by atoms with van der Waals surface area (Å²) in [6.45, 7) is 0. The van der Waals surface area contributed by atoms with Gasteiger partial charge in [0.05, 0.1) is 19.9 Å². The van der Waals surface area contributed by atoms with Crippen LogP contribution in [0.2, 0.25) is 0 Å². The Labute approximate surface area is 115 Å². The number of carbonyl (C=O) groups is 2. The maximum atomic E-state index is 11.7. The maximum Gasteiger partial charge on any atom is 0.354 e. The molecule has 0 radical (unpaired) electrons. The normalized spacial score (nSPS) is 17.4. The lowest BCUT2D eigenvalue weighted by molar-refractivity contribution is -0.139. The number of benzene rings is 1. The fraction of sp³-hybridized carbons (Fsp3) is 0.231. The Bertz CT molecular complexity index is 541. The number of carbonyl (C=O) groups excluding carboxylic acids is 2. The Morgan fingerprint density at radius 2 is 1.95 bits per heavy atom. The standard InChI is InChI=1S/C13H13NO4S/c1-17-12(15)9-7-11(13(16)18-2)19-10-6-4-3-5-8(10)14-9/h3-7,11,14H,1-2H3. The summed E-state index contributed by atoms with van der Waals surface area (Å²) in [5.41, 5.74) is 0.992. The van der Waals surface area contributed by atoms with Crippen LogP contribution in [0.15, 0.2) is 40.9 Å². The summed E-state index contributed by atoms with van der Waals surface area (Å²) in [4.78, 5) is 24.3. The Morgan fingerprint density at radius 3 is 2.63 bits per heavy atom. The maximum absolute atomic E-state index is 11.7. The van der Waals surface area contributed by atoms with Crippen molar-refractivity contribution >= 4 is 29.4 Å². The van der Waals surface area contributed by atoms with Crippen molar-refractivity contribution in [2.75, 3.05) is 19.5 Å². The number of methoxy groups -OCH3 is 2. The van der Waals surface area contributed by atoms with Crippen molar-refractivity contribution in [2.24, 2.45) is 0 Å². The van der Waals surface area contributed by atoms with Gasteiger partial charge in [-0.05, 0) is 18.2 Å². The Morgan fingerprint density at radius 1 is 1.21 bits per heavy atom. The van der Waals surface area contributed by atoms with E-state index in [1.807, 2.05) is 24.3 Å². The van der Waals surface area contributed by atoms with E-state index in [2.05, 4.69) is 5.32 Å². The zero-order valence-corrected chi connectivity index (χ0v) is 11.3. The van der Waals surface area contributed by atoms with E-state index in [0.717, 1.165) is 10.6 Å². The molecule has 2 rings (SSSR count). The van der Waals surface area contributed by atoms with Crippen LogP contribution in [0, 0.1) is 0 Å². The first-order chi connectivity index (χ1) is 9.15. The molecule has 1 aromatic carbocycles. The predicted octanol–water partition coefficient (Wildman–Crippen LogP) is 1.80. The number of nitrogens with one attached hydrogen (secondary N) is 1. The molecule has 1 atom stereocenters. The van der Waals surface area contributed by atoms with E-state index >= 15 is 0 Å². The number of fused-ring (bicyclic) bond motifs is 1. The summed E-state index contributed by atoms with van der Waals surface area (Å²) in [5.74, 6) is -0.934. The number of hydrogen-bond donors (Lipinski definition) is 1. The van der Waals surface area contributed by atoms with E-state index in [1.54, 1.807) is 0 Å². The summed E-state index contributed by atoms with van der Waals surface area (Å²) < 4.78 is 9.43. The molecule has 1 aliphatic heterocycles. The van der Waals surface area contributed by atoms with Crippen LogP contribution >= 0.6 is 11.8 Å². The van der Waals surface area contributed by atoms with E-state index < -0.39 is 17.2 Å². The zero-order valence-electron chi connectivity index (χ0n) is 10.5. The molecule has 1 N–H and O–H groups in total. The molecule has 0 fully saturated rings. The highest BCUT2D eigenvalue weighted by molar-refractivity contribution is 8.01. The van der Waals surface area contributed by atoms with Gasteiger partial charge in [-0.3, -0.25) is 4.79 Å². The van der Waals surface area contributed by atoms with E-state index in [9.17, 15) is 9.59 Å². The third-order valence-electron chi connectivity index (χ3n) is 2.57. The molecular formula is C13H13NO4S. The van der Waals surface area contributed by atoms with E-state index in [4.69, 9.17) is 9.47 Å². The molecule has 0 bridgehead atoms. The molecule has 0 spiro atoms. The van der Waals surface area contributed by atoms with Gasteiger partial charge in [-0.15, -0.1) is 11.8 Å². The summed E-state index contributed by atoms with van der Waals surface area (Å²) in [5, 5.41) is 2.39. The second-order valence-electron chi connectivity index (χ2n) is 3.75. The first-order valence-electron chi connectivity index (χ1n) is 5.56. The second kappa shape index (κ2) is 5.79. The van der Waals surface area contributed by atoms with Crippen molar-refractivity contribution in [1.82, 2.24) is 0 Å². The summed E-state index contributed by atoms with van der Waals surface area (Å²) in [7, 11) is 2.61. The second-order valence-corrected chi connectivity index (χ2v) is 4.94. The van der Waals surface area contributed by atoms with Gasteiger partial charge in [0.2, 0.25) is 0 Å². The topological polar surface area (TPSA) is 64.6 Å². The molecule has 1 unspecified atom stereocenters. The van der Waals surface area contributed by atoms with Gasteiger partial charge >= 0.3 is 11.9 Å². The first kappa shape index (κ1) is 13.5. The number of hydrogen-bond acceptors (Lipinski definition) is 6. The van der Waals surface area contributed by atoms with Crippen LogP contribution in [0.25, 0.3) is 0 Å². The molecule has 5 nitrogen and oxygen atoms in total. The lowest BCUT2D eigenvalue weighted by atomic mass is 10.2. The van der Waals surface area contributed by atoms with Crippen LogP contribution < -0.4 is 5.32 Å². The zero-order chi connectivity index (χ0) is 13.8. The number of anilines is 1. The number of para-hydroxylation sites is 1. The molecule has 1 heterocycles. The van der Waals surface area contributed by atoms with Crippen molar-refractivity contribution in [3.63, 3.8) is 0 Å². The highest BCUT2D eigenvalue weighted by Gasteiger charge is 2.26. The van der Waals surface area contributed by atoms with Crippen LogP contribution in [0.5, 0.6) is 0 Å².